The first-order valence-corrected chi connectivity index (χ1v) is 19.2. The highest BCUT2D eigenvalue weighted by Gasteiger charge is 2.22. The molecule has 3 heterocycles. The highest BCUT2D eigenvalue weighted by molar-refractivity contribution is 6.17. The molecule has 258 valence electrons. The van der Waals surface area contributed by atoms with Crippen molar-refractivity contribution < 1.29 is 0 Å². The molecule has 0 spiro atoms. The molecular weight excluding hydrogens is 643 g/mol. The average Bonchev–Trinajstić information content (AvgIpc) is 3.85. The van der Waals surface area contributed by atoms with Crippen molar-refractivity contribution in [3.63, 3.8) is 0 Å². The Morgan fingerprint density at radius 3 is 1.53 bits per heavy atom. The number of hydrogen-bond donors (Lipinski definition) is 0. The van der Waals surface area contributed by atoms with Crippen LogP contribution in [0.5, 0.6) is 0 Å². The fraction of sp³-hybridized carbons (Fsp3) is 0.160. The smallest absolute Gasteiger partial charge is 0.0562 e. The average molecular weight is 686 g/mol. The monoisotopic (exact) mass is 685 g/mol. The van der Waals surface area contributed by atoms with Gasteiger partial charge < -0.3 is 13.7 Å². The van der Waals surface area contributed by atoms with Gasteiger partial charge in [0.2, 0.25) is 0 Å². The van der Waals surface area contributed by atoms with E-state index in [9.17, 15) is 0 Å². The van der Waals surface area contributed by atoms with Crippen LogP contribution < -0.4 is 0 Å². The molecule has 0 bridgehead atoms. The van der Waals surface area contributed by atoms with Gasteiger partial charge in [0.1, 0.15) is 0 Å². The van der Waals surface area contributed by atoms with Gasteiger partial charge >= 0.3 is 0 Å². The van der Waals surface area contributed by atoms with Crippen molar-refractivity contribution >= 4 is 65.4 Å². The summed E-state index contributed by atoms with van der Waals surface area (Å²) in [6.45, 7) is 9.26. The lowest BCUT2D eigenvalue weighted by atomic mass is 9.95. The SMILES string of the molecule is CCC(C)c1ccc2c(c1)c1cc(C(C)CC)ccc1n2-c1cccc2c1c1ccccc1n2-c1ccc2c(c1)c1ccccc1n2-c1ccccc1. The van der Waals surface area contributed by atoms with E-state index >= 15 is 0 Å². The number of hydrogen-bond acceptors (Lipinski definition) is 0. The Morgan fingerprint density at radius 2 is 0.868 bits per heavy atom. The fourth-order valence-corrected chi connectivity index (χ4v) is 8.82. The molecule has 0 aliphatic carbocycles. The Kier molecular flexibility index (Phi) is 7.33. The lowest BCUT2D eigenvalue weighted by Crippen LogP contribution is -1.98. The summed E-state index contributed by atoms with van der Waals surface area (Å²) in [6.07, 6.45) is 2.25. The van der Waals surface area contributed by atoms with E-state index < -0.39 is 0 Å². The fourth-order valence-electron chi connectivity index (χ4n) is 8.82. The second-order valence-corrected chi connectivity index (χ2v) is 14.9. The van der Waals surface area contributed by atoms with Crippen LogP contribution >= 0.6 is 0 Å². The molecule has 0 fully saturated rings. The summed E-state index contributed by atoms with van der Waals surface area (Å²) in [5.74, 6) is 1.02. The number of rotatable bonds is 7. The summed E-state index contributed by atoms with van der Waals surface area (Å²) in [7, 11) is 0. The first-order chi connectivity index (χ1) is 26.1. The summed E-state index contributed by atoms with van der Waals surface area (Å²) < 4.78 is 7.39. The Balaban J connectivity index is 1.26. The highest BCUT2D eigenvalue weighted by Crippen LogP contribution is 2.42. The van der Waals surface area contributed by atoms with Crippen LogP contribution in [0.15, 0.2) is 152 Å². The van der Waals surface area contributed by atoms with E-state index in [0.717, 1.165) is 18.5 Å². The minimum Gasteiger partial charge on any atom is -0.309 e. The van der Waals surface area contributed by atoms with Crippen LogP contribution in [0.2, 0.25) is 0 Å². The van der Waals surface area contributed by atoms with Crippen LogP contribution in [0.25, 0.3) is 82.5 Å². The van der Waals surface area contributed by atoms with Gasteiger partial charge in [-0.25, -0.2) is 0 Å². The van der Waals surface area contributed by atoms with Crippen LogP contribution in [-0.4, -0.2) is 13.7 Å². The van der Waals surface area contributed by atoms with E-state index in [1.54, 1.807) is 0 Å². The van der Waals surface area contributed by atoms with Crippen molar-refractivity contribution in [3.05, 3.63) is 163 Å². The summed E-state index contributed by atoms with van der Waals surface area (Å²) >= 11 is 0. The highest BCUT2D eigenvalue weighted by atomic mass is 15.0. The van der Waals surface area contributed by atoms with E-state index in [1.165, 1.54) is 87.9 Å². The van der Waals surface area contributed by atoms with E-state index in [0.29, 0.717) is 11.8 Å². The molecular formula is C50H43N3. The Morgan fingerprint density at radius 1 is 0.377 bits per heavy atom. The van der Waals surface area contributed by atoms with Crippen LogP contribution in [0.4, 0.5) is 0 Å². The first kappa shape index (κ1) is 31.7. The number of fused-ring (bicyclic) bond motifs is 9. The normalized spacial score (nSPS) is 13.3. The van der Waals surface area contributed by atoms with Gasteiger partial charge in [0.25, 0.3) is 0 Å². The van der Waals surface area contributed by atoms with Crippen molar-refractivity contribution in [3.8, 4) is 17.1 Å². The van der Waals surface area contributed by atoms with Crippen molar-refractivity contribution in [2.45, 2.75) is 52.4 Å². The molecule has 53 heavy (non-hydrogen) atoms. The molecule has 10 rings (SSSR count). The molecule has 3 heteroatoms. The molecule has 2 atom stereocenters. The number of benzene rings is 7. The zero-order chi connectivity index (χ0) is 35.8. The van der Waals surface area contributed by atoms with Gasteiger partial charge in [0.05, 0.1) is 38.8 Å². The van der Waals surface area contributed by atoms with Gasteiger partial charge in [-0.05, 0) is 115 Å². The lowest BCUT2D eigenvalue weighted by Gasteiger charge is -2.13. The molecule has 0 aliphatic heterocycles. The van der Waals surface area contributed by atoms with Gasteiger partial charge in [0.15, 0.2) is 0 Å². The molecule has 7 aromatic carbocycles. The number of nitrogens with zero attached hydrogens (tertiary/aromatic N) is 3. The van der Waals surface area contributed by atoms with E-state index in [4.69, 9.17) is 0 Å². The second-order valence-electron chi connectivity index (χ2n) is 14.9. The van der Waals surface area contributed by atoms with Crippen molar-refractivity contribution in [2.75, 3.05) is 0 Å². The van der Waals surface area contributed by atoms with Gasteiger partial charge in [-0.2, -0.15) is 0 Å². The molecule has 0 radical (unpaired) electrons. The predicted octanol–water partition coefficient (Wildman–Crippen LogP) is 14.0. The molecule has 3 aromatic heterocycles. The maximum absolute atomic E-state index is 2.53. The molecule has 0 saturated carbocycles. The molecule has 0 amide bonds. The van der Waals surface area contributed by atoms with E-state index in [-0.39, 0.29) is 0 Å². The van der Waals surface area contributed by atoms with Crippen LogP contribution in [0.3, 0.4) is 0 Å². The Bertz CT molecular complexity index is 2940. The van der Waals surface area contributed by atoms with Crippen molar-refractivity contribution in [1.29, 1.82) is 0 Å². The van der Waals surface area contributed by atoms with Crippen molar-refractivity contribution in [1.82, 2.24) is 13.7 Å². The summed E-state index contributed by atoms with van der Waals surface area (Å²) in [4.78, 5) is 0. The third-order valence-electron chi connectivity index (χ3n) is 12.0. The van der Waals surface area contributed by atoms with Gasteiger partial charge in [-0.1, -0.05) is 100 Å². The van der Waals surface area contributed by atoms with Crippen LogP contribution in [0.1, 0.15) is 63.5 Å². The zero-order valence-corrected chi connectivity index (χ0v) is 30.8. The molecule has 0 saturated heterocycles. The number of para-hydroxylation sites is 3. The number of aromatic nitrogens is 3. The topological polar surface area (TPSA) is 14.8 Å². The minimum absolute atomic E-state index is 0.510. The maximum atomic E-state index is 2.53. The molecule has 0 N–H and O–H groups in total. The summed E-state index contributed by atoms with van der Waals surface area (Å²) in [5.41, 5.74) is 13.7. The summed E-state index contributed by atoms with van der Waals surface area (Å²) in [6, 6.07) is 56.6. The molecule has 3 nitrogen and oxygen atoms in total. The standard InChI is InChI=1S/C50H43N3/c1-5-32(3)34-23-26-46-40(29-34)41-30-35(33(4)6-2)24-27-47(41)53(46)49-22-14-21-48-50(49)39-18-11-13-20-44(39)52(48)37-25-28-45-42(31-37)38-17-10-12-19-43(38)51(45)36-15-8-7-9-16-36/h7-33H,5-6H2,1-4H3. The van der Waals surface area contributed by atoms with Crippen molar-refractivity contribution in [2.24, 2.45) is 0 Å². The summed E-state index contributed by atoms with van der Waals surface area (Å²) in [5, 5.41) is 7.71. The molecule has 0 aliphatic rings. The van der Waals surface area contributed by atoms with E-state index in [1.807, 2.05) is 0 Å². The van der Waals surface area contributed by atoms with Gasteiger partial charge in [-0.15, -0.1) is 0 Å². The lowest BCUT2D eigenvalue weighted by molar-refractivity contribution is 0.734. The quantitative estimate of drug-likeness (QED) is 0.159. The predicted molar refractivity (Wildman–Crippen MR) is 227 cm³/mol. The first-order valence-electron chi connectivity index (χ1n) is 19.2. The van der Waals surface area contributed by atoms with Crippen LogP contribution in [-0.2, 0) is 0 Å². The molecule has 2 unspecified atom stereocenters. The van der Waals surface area contributed by atoms with Gasteiger partial charge in [-0.3, -0.25) is 0 Å². The van der Waals surface area contributed by atoms with Gasteiger partial charge in [0, 0.05) is 43.7 Å². The maximum Gasteiger partial charge on any atom is 0.0562 e. The Labute approximate surface area is 310 Å². The van der Waals surface area contributed by atoms with E-state index in [2.05, 4.69) is 193 Å². The van der Waals surface area contributed by atoms with Crippen LogP contribution in [0, 0.1) is 0 Å². The third-order valence-corrected chi connectivity index (χ3v) is 12.0. The minimum atomic E-state index is 0.510. The Hall–Kier alpha value is -6.06. The largest absolute Gasteiger partial charge is 0.309 e. The molecule has 10 aromatic rings. The third kappa shape index (κ3) is 4.73. The second kappa shape index (κ2) is 12.3. The zero-order valence-electron chi connectivity index (χ0n) is 30.8.